The summed E-state index contributed by atoms with van der Waals surface area (Å²) in [6.45, 7) is 2.55. The molecule has 1 N–H and O–H groups in total. The van der Waals surface area contributed by atoms with Gasteiger partial charge in [-0.25, -0.2) is 0 Å². The summed E-state index contributed by atoms with van der Waals surface area (Å²) in [6, 6.07) is 0. The lowest BCUT2D eigenvalue weighted by atomic mass is 10.2. The monoisotopic (exact) mass is 353 g/mol. The fourth-order valence-corrected chi connectivity index (χ4v) is 2.41. The van der Waals surface area contributed by atoms with Crippen LogP contribution in [-0.4, -0.2) is 26.5 Å². The van der Waals surface area contributed by atoms with E-state index in [0.29, 0.717) is 10.6 Å². The number of amides is 1. The maximum absolute atomic E-state index is 11.6. The smallest absolute Gasteiger partial charge is 0.264 e. The van der Waals surface area contributed by atoms with Gasteiger partial charge in [-0.05, 0) is 35.7 Å². The lowest BCUT2D eigenvalue weighted by molar-refractivity contribution is 0.0956. The average Bonchev–Trinajstić information content (AvgIpc) is 2.69. The Kier molecular flexibility index (Phi) is 6.86. The highest BCUT2D eigenvalue weighted by atomic mass is 127. The van der Waals surface area contributed by atoms with Gasteiger partial charge in [-0.3, -0.25) is 4.79 Å². The topological polar surface area (TPSA) is 54.9 Å². The molecule has 1 aromatic rings. The number of aromatic nitrogens is 2. The van der Waals surface area contributed by atoms with Crippen LogP contribution in [0.1, 0.15) is 41.0 Å². The number of rotatable bonds is 7. The number of unbranched alkanes of at least 4 members (excludes halogenated alkanes) is 3. The summed E-state index contributed by atoms with van der Waals surface area (Å²) in [6.07, 6.45) is 4.75. The molecule has 90 valence electrons. The first kappa shape index (κ1) is 13.8. The zero-order chi connectivity index (χ0) is 11.8. The molecule has 0 bridgehead atoms. The SMILES string of the molecule is Cc1nnsc1C(=O)NCCCCCCI. The summed E-state index contributed by atoms with van der Waals surface area (Å²) in [5.41, 5.74) is 0.715. The minimum absolute atomic E-state index is 0.0404. The summed E-state index contributed by atoms with van der Waals surface area (Å²) in [5.74, 6) is -0.0404. The lowest BCUT2D eigenvalue weighted by Gasteiger charge is -2.03. The minimum Gasteiger partial charge on any atom is -0.351 e. The van der Waals surface area contributed by atoms with Crippen LogP contribution in [0.25, 0.3) is 0 Å². The van der Waals surface area contributed by atoms with E-state index in [0.717, 1.165) is 24.5 Å². The molecule has 0 aliphatic rings. The Morgan fingerprint density at radius 2 is 2.12 bits per heavy atom. The van der Waals surface area contributed by atoms with E-state index in [1.54, 1.807) is 6.92 Å². The molecule has 1 heterocycles. The standard InChI is InChI=1S/C10H16IN3OS/c1-8-9(16-14-13-8)10(15)12-7-5-3-2-4-6-11/h2-7H2,1H3,(H,12,15). The van der Waals surface area contributed by atoms with Crippen molar-refractivity contribution >= 4 is 40.0 Å². The maximum Gasteiger partial charge on any atom is 0.264 e. The molecule has 6 heteroatoms. The van der Waals surface area contributed by atoms with Gasteiger partial charge in [0, 0.05) is 6.54 Å². The van der Waals surface area contributed by atoms with E-state index < -0.39 is 0 Å². The van der Waals surface area contributed by atoms with Gasteiger partial charge in [0.1, 0.15) is 4.88 Å². The van der Waals surface area contributed by atoms with Gasteiger partial charge in [-0.1, -0.05) is 39.9 Å². The van der Waals surface area contributed by atoms with Gasteiger partial charge in [-0.15, -0.1) is 5.10 Å². The third-order valence-electron chi connectivity index (χ3n) is 2.20. The zero-order valence-electron chi connectivity index (χ0n) is 9.33. The fraction of sp³-hybridized carbons (Fsp3) is 0.700. The highest BCUT2D eigenvalue weighted by Crippen LogP contribution is 2.08. The highest BCUT2D eigenvalue weighted by Gasteiger charge is 2.11. The van der Waals surface area contributed by atoms with Crippen LogP contribution in [0.3, 0.4) is 0 Å². The third-order valence-corrected chi connectivity index (χ3v) is 3.79. The number of nitrogens with zero attached hydrogens (tertiary/aromatic N) is 2. The Labute approximate surface area is 114 Å². The van der Waals surface area contributed by atoms with Crippen molar-refractivity contribution in [3.8, 4) is 0 Å². The normalized spacial score (nSPS) is 10.4. The van der Waals surface area contributed by atoms with E-state index in [1.165, 1.54) is 23.7 Å². The Bertz CT molecular complexity index is 330. The van der Waals surface area contributed by atoms with Crippen LogP contribution in [0.2, 0.25) is 0 Å². The maximum atomic E-state index is 11.6. The van der Waals surface area contributed by atoms with Gasteiger partial charge in [0.05, 0.1) is 5.69 Å². The Morgan fingerprint density at radius 1 is 1.38 bits per heavy atom. The summed E-state index contributed by atoms with van der Waals surface area (Å²) in [7, 11) is 0. The first-order chi connectivity index (χ1) is 7.75. The molecule has 0 aliphatic heterocycles. The second kappa shape index (κ2) is 7.94. The van der Waals surface area contributed by atoms with Crippen molar-refractivity contribution in [1.82, 2.24) is 14.9 Å². The molecular weight excluding hydrogens is 337 g/mol. The molecule has 0 radical (unpaired) electrons. The van der Waals surface area contributed by atoms with Gasteiger partial charge < -0.3 is 5.32 Å². The second-order valence-corrected chi connectivity index (χ2v) is 5.38. The van der Waals surface area contributed by atoms with Gasteiger partial charge in [-0.2, -0.15) is 0 Å². The van der Waals surface area contributed by atoms with Gasteiger partial charge >= 0.3 is 0 Å². The molecule has 1 rings (SSSR count). The largest absolute Gasteiger partial charge is 0.351 e. The first-order valence-electron chi connectivity index (χ1n) is 5.39. The van der Waals surface area contributed by atoms with Crippen LogP contribution < -0.4 is 5.32 Å². The predicted octanol–water partition coefficient (Wildman–Crippen LogP) is 2.57. The van der Waals surface area contributed by atoms with Gasteiger partial charge in [0.2, 0.25) is 0 Å². The molecule has 0 spiro atoms. The van der Waals surface area contributed by atoms with Crippen molar-refractivity contribution < 1.29 is 4.79 Å². The van der Waals surface area contributed by atoms with Crippen molar-refractivity contribution in [2.45, 2.75) is 32.6 Å². The number of alkyl halides is 1. The highest BCUT2D eigenvalue weighted by molar-refractivity contribution is 14.1. The van der Waals surface area contributed by atoms with Crippen LogP contribution in [0.5, 0.6) is 0 Å². The van der Waals surface area contributed by atoms with Crippen LogP contribution in [-0.2, 0) is 0 Å². The summed E-state index contributed by atoms with van der Waals surface area (Å²) >= 11 is 3.54. The first-order valence-corrected chi connectivity index (χ1v) is 7.68. The van der Waals surface area contributed by atoms with E-state index in [4.69, 9.17) is 0 Å². The number of halogens is 1. The molecule has 0 atom stereocenters. The van der Waals surface area contributed by atoms with Crippen LogP contribution in [0.4, 0.5) is 0 Å². The third kappa shape index (κ3) is 4.73. The summed E-state index contributed by atoms with van der Waals surface area (Å²) in [5, 5.41) is 6.71. The van der Waals surface area contributed by atoms with Crippen molar-refractivity contribution in [2.24, 2.45) is 0 Å². The van der Waals surface area contributed by atoms with Crippen molar-refractivity contribution in [3.05, 3.63) is 10.6 Å². The number of nitrogens with one attached hydrogen (secondary N) is 1. The molecule has 0 unspecified atom stereocenters. The molecule has 0 saturated carbocycles. The number of hydrogen-bond acceptors (Lipinski definition) is 4. The van der Waals surface area contributed by atoms with E-state index in [2.05, 4.69) is 37.5 Å². The number of aryl methyl sites for hydroxylation is 1. The number of hydrogen-bond donors (Lipinski definition) is 1. The van der Waals surface area contributed by atoms with Crippen LogP contribution in [0, 0.1) is 6.92 Å². The second-order valence-electron chi connectivity index (χ2n) is 3.55. The minimum atomic E-state index is -0.0404. The summed E-state index contributed by atoms with van der Waals surface area (Å²) < 4.78 is 4.96. The molecular formula is C10H16IN3OS. The quantitative estimate of drug-likeness (QED) is 0.466. The zero-order valence-corrected chi connectivity index (χ0v) is 12.3. The fourth-order valence-electron chi connectivity index (χ4n) is 1.29. The summed E-state index contributed by atoms with van der Waals surface area (Å²) in [4.78, 5) is 12.3. The van der Waals surface area contributed by atoms with Gasteiger partial charge in [0.25, 0.3) is 5.91 Å². The molecule has 0 aromatic carbocycles. The Morgan fingerprint density at radius 3 is 2.75 bits per heavy atom. The molecule has 4 nitrogen and oxygen atoms in total. The van der Waals surface area contributed by atoms with Crippen molar-refractivity contribution in [2.75, 3.05) is 11.0 Å². The molecule has 0 aliphatic carbocycles. The number of carbonyl (C=O) groups excluding carboxylic acids is 1. The van der Waals surface area contributed by atoms with E-state index in [1.807, 2.05) is 0 Å². The van der Waals surface area contributed by atoms with E-state index in [9.17, 15) is 4.79 Å². The van der Waals surface area contributed by atoms with Gasteiger partial charge in [0.15, 0.2) is 0 Å². The van der Waals surface area contributed by atoms with Crippen LogP contribution in [0.15, 0.2) is 0 Å². The molecule has 1 amide bonds. The molecule has 0 saturated heterocycles. The van der Waals surface area contributed by atoms with Crippen LogP contribution >= 0.6 is 34.1 Å². The molecule has 16 heavy (non-hydrogen) atoms. The average molecular weight is 353 g/mol. The number of carbonyl (C=O) groups is 1. The Balaban J connectivity index is 2.14. The van der Waals surface area contributed by atoms with E-state index >= 15 is 0 Å². The van der Waals surface area contributed by atoms with Crippen molar-refractivity contribution in [1.29, 1.82) is 0 Å². The predicted molar refractivity (Wildman–Crippen MR) is 74.3 cm³/mol. The van der Waals surface area contributed by atoms with E-state index in [-0.39, 0.29) is 5.91 Å². The molecule has 1 aromatic heterocycles. The van der Waals surface area contributed by atoms with Crippen molar-refractivity contribution in [3.63, 3.8) is 0 Å². The Hall–Kier alpha value is -0.240. The lowest BCUT2D eigenvalue weighted by Crippen LogP contribution is -2.24. The molecule has 0 fully saturated rings.